The molecule has 0 amide bonds. The van der Waals surface area contributed by atoms with Gasteiger partial charge in [0.25, 0.3) is 0 Å². The largest absolute Gasteiger partial charge is 0.396 e. The molecule has 1 atom stereocenters. The van der Waals surface area contributed by atoms with Crippen molar-refractivity contribution >= 4 is 11.8 Å². The van der Waals surface area contributed by atoms with E-state index in [0.29, 0.717) is 0 Å². The molecule has 1 unspecified atom stereocenters. The van der Waals surface area contributed by atoms with Crippen molar-refractivity contribution in [3.63, 3.8) is 0 Å². The molecule has 0 aromatic rings. The summed E-state index contributed by atoms with van der Waals surface area (Å²) in [5.41, 5.74) is 0. The van der Waals surface area contributed by atoms with Gasteiger partial charge in [-0.3, -0.25) is 0 Å². The van der Waals surface area contributed by atoms with E-state index in [1.165, 1.54) is 11.8 Å². The first-order valence-electron chi connectivity index (χ1n) is 3.15. The van der Waals surface area contributed by atoms with E-state index in [1.807, 2.05) is 6.26 Å². The lowest BCUT2D eigenvalue weighted by Gasteiger charge is -2.18. The Labute approximate surface area is 65.1 Å². The van der Waals surface area contributed by atoms with Gasteiger partial charge in [0.15, 0.2) is 0 Å². The van der Waals surface area contributed by atoms with Crippen molar-refractivity contribution in [3.05, 3.63) is 0 Å². The normalized spacial score (nSPS) is 14.1. The molecular formula is C6H14O3S. The summed E-state index contributed by atoms with van der Waals surface area (Å²) in [6.07, 6.45) is 1.85. The maximum Gasteiger partial charge on any atom is 0.0554 e. The van der Waals surface area contributed by atoms with E-state index in [4.69, 9.17) is 15.3 Å². The summed E-state index contributed by atoms with van der Waals surface area (Å²) in [6.45, 7) is -0.127. The molecule has 3 nitrogen and oxygen atoms in total. The molecule has 0 spiro atoms. The van der Waals surface area contributed by atoms with Crippen LogP contribution < -0.4 is 0 Å². The van der Waals surface area contributed by atoms with Crippen molar-refractivity contribution in [1.82, 2.24) is 0 Å². The first kappa shape index (κ1) is 10.2. The van der Waals surface area contributed by atoms with Gasteiger partial charge in [0.1, 0.15) is 0 Å². The van der Waals surface area contributed by atoms with E-state index in [9.17, 15) is 0 Å². The van der Waals surface area contributed by atoms with Gasteiger partial charge in [-0.2, -0.15) is 11.8 Å². The summed E-state index contributed by atoms with van der Waals surface area (Å²) < 4.78 is 0. The quantitative estimate of drug-likeness (QED) is 0.506. The van der Waals surface area contributed by atoms with E-state index in [-0.39, 0.29) is 31.0 Å². The molecule has 0 aliphatic carbocycles. The zero-order valence-corrected chi connectivity index (χ0v) is 6.84. The van der Waals surface area contributed by atoms with Gasteiger partial charge in [0.2, 0.25) is 0 Å². The second kappa shape index (κ2) is 5.97. The lowest BCUT2D eigenvalue weighted by atomic mass is 10.1. The van der Waals surface area contributed by atoms with Crippen molar-refractivity contribution in [1.29, 1.82) is 0 Å². The fraction of sp³-hybridized carbons (Fsp3) is 1.00. The Morgan fingerprint density at radius 2 is 1.60 bits per heavy atom. The van der Waals surface area contributed by atoms with Gasteiger partial charge in [0.05, 0.1) is 6.61 Å². The molecule has 0 saturated heterocycles. The van der Waals surface area contributed by atoms with Crippen LogP contribution in [0.4, 0.5) is 0 Å². The molecule has 0 fully saturated rings. The third kappa shape index (κ3) is 2.88. The van der Waals surface area contributed by atoms with Crippen LogP contribution in [-0.4, -0.2) is 46.6 Å². The van der Waals surface area contributed by atoms with E-state index < -0.39 is 0 Å². The molecule has 4 heteroatoms. The molecular weight excluding hydrogens is 152 g/mol. The van der Waals surface area contributed by atoms with Crippen LogP contribution in [0.25, 0.3) is 0 Å². The highest BCUT2D eigenvalue weighted by molar-refractivity contribution is 7.99. The summed E-state index contributed by atoms with van der Waals surface area (Å²) in [7, 11) is 0. The van der Waals surface area contributed by atoms with Gasteiger partial charge in [-0.15, -0.1) is 0 Å². The molecule has 0 aromatic heterocycles. The molecule has 0 radical (unpaired) electrons. The Bertz CT molecular complexity index is 61.4. The number of aliphatic hydroxyl groups is 3. The summed E-state index contributed by atoms with van der Waals surface area (Å²) >= 11 is 1.46. The average Bonchev–Trinajstić information content (AvgIpc) is 2.00. The Kier molecular flexibility index (Phi) is 6.11. The molecule has 0 aliphatic rings. The van der Waals surface area contributed by atoms with Gasteiger partial charge in [-0.25, -0.2) is 0 Å². The molecule has 0 aromatic carbocycles. The van der Waals surface area contributed by atoms with Gasteiger partial charge < -0.3 is 15.3 Å². The third-order valence-electron chi connectivity index (χ3n) is 1.48. The first-order chi connectivity index (χ1) is 4.79. The second-order valence-corrected chi connectivity index (χ2v) is 3.16. The van der Waals surface area contributed by atoms with Crippen molar-refractivity contribution < 1.29 is 15.3 Å². The topological polar surface area (TPSA) is 60.7 Å². The van der Waals surface area contributed by atoms with Crippen molar-refractivity contribution in [2.24, 2.45) is 5.92 Å². The van der Waals surface area contributed by atoms with Crippen molar-refractivity contribution in [2.75, 3.05) is 26.1 Å². The standard InChI is InChI=1S/C6H14O3S/c1-10-6(4-9)5(2-7)3-8/h5-9H,2-4H2,1H3. The van der Waals surface area contributed by atoms with Crippen LogP contribution >= 0.6 is 11.8 Å². The lowest BCUT2D eigenvalue weighted by molar-refractivity contribution is 0.129. The number of hydrogen-bond donors (Lipinski definition) is 3. The number of thioether (sulfide) groups is 1. The highest BCUT2D eigenvalue weighted by atomic mass is 32.2. The van der Waals surface area contributed by atoms with E-state index >= 15 is 0 Å². The fourth-order valence-corrected chi connectivity index (χ4v) is 1.42. The zero-order chi connectivity index (χ0) is 7.98. The van der Waals surface area contributed by atoms with Crippen LogP contribution in [0, 0.1) is 5.92 Å². The lowest BCUT2D eigenvalue weighted by Crippen LogP contribution is -2.27. The highest BCUT2D eigenvalue weighted by Crippen LogP contribution is 2.15. The molecule has 0 bridgehead atoms. The van der Waals surface area contributed by atoms with Gasteiger partial charge in [0, 0.05) is 24.4 Å². The molecule has 10 heavy (non-hydrogen) atoms. The SMILES string of the molecule is CSC(CO)C(CO)CO. The van der Waals surface area contributed by atoms with Crippen LogP contribution in [0.5, 0.6) is 0 Å². The first-order valence-corrected chi connectivity index (χ1v) is 4.44. The minimum absolute atomic E-state index is 0.00690. The second-order valence-electron chi connectivity index (χ2n) is 2.08. The van der Waals surface area contributed by atoms with E-state index in [0.717, 1.165) is 0 Å². The van der Waals surface area contributed by atoms with Gasteiger partial charge in [-0.05, 0) is 6.26 Å². The molecule has 0 aliphatic heterocycles. The predicted octanol–water partition coefficient (Wildman–Crippen LogP) is -0.689. The van der Waals surface area contributed by atoms with Crippen LogP contribution in [0.2, 0.25) is 0 Å². The Morgan fingerprint density at radius 3 is 1.70 bits per heavy atom. The number of hydrogen-bond acceptors (Lipinski definition) is 4. The van der Waals surface area contributed by atoms with Gasteiger partial charge >= 0.3 is 0 Å². The molecule has 0 heterocycles. The molecule has 0 saturated carbocycles. The smallest absolute Gasteiger partial charge is 0.0554 e. The Balaban J connectivity index is 3.70. The summed E-state index contributed by atoms with van der Waals surface area (Å²) in [6, 6.07) is 0. The molecule has 0 rings (SSSR count). The summed E-state index contributed by atoms with van der Waals surface area (Å²) in [4.78, 5) is 0. The van der Waals surface area contributed by atoms with Crippen LogP contribution in [0.3, 0.4) is 0 Å². The zero-order valence-electron chi connectivity index (χ0n) is 6.03. The summed E-state index contributed by atoms with van der Waals surface area (Å²) in [5.74, 6) is -0.194. The van der Waals surface area contributed by atoms with E-state index in [1.54, 1.807) is 0 Å². The van der Waals surface area contributed by atoms with Crippen molar-refractivity contribution in [2.45, 2.75) is 5.25 Å². The molecule has 3 N–H and O–H groups in total. The predicted molar refractivity (Wildman–Crippen MR) is 42.1 cm³/mol. The minimum Gasteiger partial charge on any atom is -0.396 e. The van der Waals surface area contributed by atoms with Gasteiger partial charge in [-0.1, -0.05) is 0 Å². The highest BCUT2D eigenvalue weighted by Gasteiger charge is 2.17. The maximum atomic E-state index is 8.72. The monoisotopic (exact) mass is 166 g/mol. The van der Waals surface area contributed by atoms with Crippen LogP contribution in [0.15, 0.2) is 0 Å². The van der Waals surface area contributed by atoms with Crippen LogP contribution in [0.1, 0.15) is 0 Å². The minimum atomic E-state index is -0.194. The Hall–Kier alpha value is 0.230. The van der Waals surface area contributed by atoms with E-state index in [2.05, 4.69) is 0 Å². The Morgan fingerprint density at radius 1 is 1.10 bits per heavy atom. The summed E-state index contributed by atoms with van der Waals surface area (Å²) in [5, 5.41) is 26.0. The average molecular weight is 166 g/mol. The third-order valence-corrected chi connectivity index (χ3v) is 2.62. The van der Waals surface area contributed by atoms with Crippen LogP contribution in [-0.2, 0) is 0 Å². The number of aliphatic hydroxyl groups excluding tert-OH is 3. The van der Waals surface area contributed by atoms with Crippen molar-refractivity contribution in [3.8, 4) is 0 Å². The molecule has 62 valence electrons. The number of rotatable bonds is 5. The fourth-order valence-electron chi connectivity index (χ4n) is 0.709. The maximum absolute atomic E-state index is 8.72.